The lowest BCUT2D eigenvalue weighted by atomic mass is 9.96. The molecule has 1 rings (SSSR count). The Bertz CT molecular complexity index is 223. The Morgan fingerprint density at radius 2 is 1.92 bits per heavy atom. The molecule has 1 fully saturated rings. The van der Waals surface area contributed by atoms with Crippen molar-refractivity contribution < 1.29 is 14.7 Å². The molecule has 0 spiro atoms. The molecule has 0 unspecified atom stereocenters. The summed E-state index contributed by atoms with van der Waals surface area (Å²) in [6.07, 6.45) is 0.801. The second-order valence-corrected chi connectivity index (χ2v) is 3.11. The summed E-state index contributed by atoms with van der Waals surface area (Å²) < 4.78 is 0. The number of carbonyl (C=O) groups is 2. The van der Waals surface area contributed by atoms with Crippen LogP contribution in [-0.2, 0) is 9.59 Å². The topological polar surface area (TPSA) is 80.4 Å². The van der Waals surface area contributed by atoms with Gasteiger partial charge < -0.3 is 10.8 Å². The maximum absolute atomic E-state index is 10.8. The minimum atomic E-state index is -0.961. The Labute approximate surface area is 70.1 Å². The van der Waals surface area contributed by atoms with E-state index in [0.29, 0.717) is 12.8 Å². The highest BCUT2D eigenvalue weighted by molar-refractivity contribution is 5.84. The summed E-state index contributed by atoms with van der Waals surface area (Å²) >= 11 is 0. The van der Waals surface area contributed by atoms with Gasteiger partial charge in [0.2, 0.25) is 5.91 Å². The molecule has 1 aliphatic rings. The lowest BCUT2D eigenvalue weighted by molar-refractivity contribution is -0.145. The van der Waals surface area contributed by atoms with Crippen molar-refractivity contribution in [3.05, 3.63) is 12.2 Å². The van der Waals surface area contributed by atoms with Gasteiger partial charge in [-0.25, -0.2) is 0 Å². The first-order chi connectivity index (χ1) is 5.52. The minimum Gasteiger partial charge on any atom is -0.481 e. The van der Waals surface area contributed by atoms with Crippen LogP contribution in [0.4, 0.5) is 0 Å². The molecule has 0 aromatic carbocycles. The molecule has 1 saturated carbocycles. The number of amides is 1. The van der Waals surface area contributed by atoms with Gasteiger partial charge in [-0.1, -0.05) is 12.2 Å². The van der Waals surface area contributed by atoms with E-state index in [9.17, 15) is 9.59 Å². The number of hydrogen-bond acceptors (Lipinski definition) is 2. The van der Waals surface area contributed by atoms with E-state index in [1.165, 1.54) is 0 Å². The predicted octanol–water partition coefficient (Wildman–Crippen LogP) is 0.139. The molecule has 4 heteroatoms. The molecule has 0 radical (unpaired) electrons. The summed E-state index contributed by atoms with van der Waals surface area (Å²) in [7, 11) is 0. The molecule has 66 valence electrons. The van der Waals surface area contributed by atoms with Crippen molar-refractivity contribution in [3.8, 4) is 0 Å². The average molecular weight is 169 g/mol. The number of carboxylic acid groups (broad SMARTS) is 1. The molecule has 1 amide bonds. The first-order valence-corrected chi connectivity index (χ1v) is 3.71. The molecule has 1 aliphatic carbocycles. The van der Waals surface area contributed by atoms with Gasteiger partial charge in [-0.15, -0.1) is 0 Å². The van der Waals surface area contributed by atoms with Crippen LogP contribution in [0.15, 0.2) is 12.2 Å². The number of aliphatic carboxylic acids is 1. The Kier molecular flexibility index (Phi) is 2.17. The zero-order valence-electron chi connectivity index (χ0n) is 6.62. The summed E-state index contributed by atoms with van der Waals surface area (Å²) in [5.41, 5.74) is 5.84. The van der Waals surface area contributed by atoms with Crippen LogP contribution in [0.5, 0.6) is 0 Å². The van der Waals surface area contributed by atoms with Crippen LogP contribution in [0.25, 0.3) is 0 Å². The summed E-state index contributed by atoms with van der Waals surface area (Å²) in [5, 5.41) is 8.70. The molecule has 0 aliphatic heterocycles. The van der Waals surface area contributed by atoms with Gasteiger partial charge in [0.15, 0.2) is 0 Å². The molecule has 0 saturated heterocycles. The summed E-state index contributed by atoms with van der Waals surface area (Å²) in [4.78, 5) is 21.4. The molecule has 0 bridgehead atoms. The number of carboxylic acids is 1. The van der Waals surface area contributed by atoms with Crippen molar-refractivity contribution in [2.24, 2.45) is 17.6 Å². The largest absolute Gasteiger partial charge is 0.481 e. The second-order valence-electron chi connectivity index (χ2n) is 3.11. The van der Waals surface area contributed by atoms with Crippen molar-refractivity contribution in [1.29, 1.82) is 0 Å². The maximum Gasteiger partial charge on any atom is 0.307 e. The smallest absolute Gasteiger partial charge is 0.307 e. The van der Waals surface area contributed by atoms with E-state index in [2.05, 4.69) is 6.58 Å². The van der Waals surface area contributed by atoms with Crippen molar-refractivity contribution in [3.63, 3.8) is 0 Å². The van der Waals surface area contributed by atoms with Crippen molar-refractivity contribution in [2.45, 2.75) is 12.8 Å². The van der Waals surface area contributed by atoms with E-state index in [1.807, 2.05) is 0 Å². The Balaban J connectivity index is 2.79. The Morgan fingerprint density at radius 1 is 1.42 bits per heavy atom. The van der Waals surface area contributed by atoms with Gasteiger partial charge in [0.1, 0.15) is 0 Å². The van der Waals surface area contributed by atoms with Gasteiger partial charge in [0.25, 0.3) is 0 Å². The van der Waals surface area contributed by atoms with Gasteiger partial charge in [0, 0.05) is 0 Å². The SMILES string of the molecule is C=C1C[C@H](C(N)=O)[C@@H](C(=O)O)C1. The summed E-state index contributed by atoms with van der Waals surface area (Å²) in [6, 6.07) is 0. The third kappa shape index (κ3) is 1.47. The lowest BCUT2D eigenvalue weighted by Gasteiger charge is -2.09. The van der Waals surface area contributed by atoms with E-state index >= 15 is 0 Å². The van der Waals surface area contributed by atoms with E-state index in [0.717, 1.165) is 5.57 Å². The number of primary amides is 1. The first-order valence-electron chi connectivity index (χ1n) is 3.71. The number of carbonyl (C=O) groups excluding carboxylic acids is 1. The van der Waals surface area contributed by atoms with Gasteiger partial charge in [-0.3, -0.25) is 9.59 Å². The van der Waals surface area contributed by atoms with Gasteiger partial charge in [-0.2, -0.15) is 0 Å². The molecular formula is C8H11NO3. The van der Waals surface area contributed by atoms with E-state index in [-0.39, 0.29) is 0 Å². The van der Waals surface area contributed by atoms with Crippen LogP contribution in [0, 0.1) is 11.8 Å². The van der Waals surface area contributed by atoms with Crippen molar-refractivity contribution >= 4 is 11.9 Å². The maximum atomic E-state index is 10.8. The monoisotopic (exact) mass is 169 g/mol. The third-order valence-corrected chi connectivity index (χ3v) is 2.19. The average Bonchev–Trinajstić information content (AvgIpc) is 2.31. The van der Waals surface area contributed by atoms with Crippen LogP contribution in [0.3, 0.4) is 0 Å². The minimum absolute atomic E-state index is 0.378. The zero-order valence-corrected chi connectivity index (χ0v) is 6.62. The fourth-order valence-electron chi connectivity index (χ4n) is 1.55. The van der Waals surface area contributed by atoms with E-state index in [4.69, 9.17) is 10.8 Å². The number of allylic oxidation sites excluding steroid dienone is 1. The van der Waals surface area contributed by atoms with Crippen LogP contribution in [0.1, 0.15) is 12.8 Å². The number of rotatable bonds is 2. The quantitative estimate of drug-likeness (QED) is 0.577. The molecule has 4 nitrogen and oxygen atoms in total. The number of nitrogens with two attached hydrogens (primary N) is 1. The molecule has 2 atom stereocenters. The van der Waals surface area contributed by atoms with E-state index < -0.39 is 23.7 Å². The summed E-state index contributed by atoms with van der Waals surface area (Å²) in [5.74, 6) is -2.72. The highest BCUT2D eigenvalue weighted by Crippen LogP contribution is 2.34. The second kappa shape index (κ2) is 2.97. The van der Waals surface area contributed by atoms with Crippen LogP contribution >= 0.6 is 0 Å². The Hall–Kier alpha value is -1.32. The van der Waals surface area contributed by atoms with Gasteiger partial charge >= 0.3 is 5.97 Å². The highest BCUT2D eigenvalue weighted by atomic mass is 16.4. The molecule has 0 aromatic rings. The Morgan fingerprint density at radius 3 is 2.25 bits per heavy atom. The summed E-state index contributed by atoms with van der Waals surface area (Å²) in [6.45, 7) is 3.65. The van der Waals surface area contributed by atoms with Crippen LogP contribution < -0.4 is 5.73 Å². The van der Waals surface area contributed by atoms with Crippen molar-refractivity contribution in [2.75, 3.05) is 0 Å². The molecule has 0 heterocycles. The molecule has 3 N–H and O–H groups in total. The molecule has 0 aromatic heterocycles. The van der Waals surface area contributed by atoms with Gasteiger partial charge in [0.05, 0.1) is 11.8 Å². The van der Waals surface area contributed by atoms with E-state index in [1.54, 1.807) is 0 Å². The fourth-order valence-corrected chi connectivity index (χ4v) is 1.55. The lowest BCUT2D eigenvalue weighted by Crippen LogP contribution is -2.30. The van der Waals surface area contributed by atoms with Gasteiger partial charge in [-0.05, 0) is 12.8 Å². The normalized spacial score (nSPS) is 28.8. The van der Waals surface area contributed by atoms with Crippen LogP contribution in [0.2, 0.25) is 0 Å². The predicted molar refractivity (Wildman–Crippen MR) is 42.2 cm³/mol. The fraction of sp³-hybridized carbons (Fsp3) is 0.500. The molecule has 12 heavy (non-hydrogen) atoms. The first kappa shape index (κ1) is 8.77. The van der Waals surface area contributed by atoms with Crippen molar-refractivity contribution in [1.82, 2.24) is 0 Å². The highest BCUT2D eigenvalue weighted by Gasteiger charge is 2.38. The number of hydrogen-bond donors (Lipinski definition) is 2. The standard InChI is InChI=1S/C8H11NO3/c1-4-2-5(7(9)10)6(3-4)8(11)12/h5-6H,1-3H2,(H2,9,10)(H,11,12)/t5-,6-/m0/s1. The third-order valence-electron chi connectivity index (χ3n) is 2.19. The van der Waals surface area contributed by atoms with Crippen LogP contribution in [-0.4, -0.2) is 17.0 Å². The molecular weight excluding hydrogens is 158 g/mol. The zero-order chi connectivity index (χ0) is 9.30.